The summed E-state index contributed by atoms with van der Waals surface area (Å²) in [5.41, 5.74) is -0.361. The lowest BCUT2D eigenvalue weighted by Crippen LogP contribution is -2.01. The van der Waals surface area contributed by atoms with Crippen molar-refractivity contribution in [2.75, 3.05) is 7.11 Å². The van der Waals surface area contributed by atoms with Crippen molar-refractivity contribution >= 4 is 15.9 Å². The molecule has 3 nitrogen and oxygen atoms in total. The Bertz CT molecular complexity index is 333. The lowest BCUT2D eigenvalue weighted by molar-refractivity contribution is 0.145. The third-order valence-corrected chi connectivity index (χ3v) is 2.20. The number of pyridine rings is 1. The molecule has 0 fully saturated rings. The molecule has 0 bridgehead atoms. The summed E-state index contributed by atoms with van der Waals surface area (Å²) < 4.78 is 30.0. The van der Waals surface area contributed by atoms with Gasteiger partial charge in [0.15, 0.2) is 0 Å². The second-order valence-corrected chi connectivity index (χ2v) is 3.33. The smallest absolute Gasteiger partial charge is 0.265 e. The molecule has 0 atom stereocenters. The van der Waals surface area contributed by atoms with E-state index in [-0.39, 0.29) is 17.1 Å². The van der Waals surface area contributed by atoms with Crippen LogP contribution in [0.2, 0.25) is 0 Å². The summed E-state index contributed by atoms with van der Waals surface area (Å²) in [6, 6.07) is 1.20. The van der Waals surface area contributed by atoms with Gasteiger partial charge in [-0.2, -0.15) is 0 Å². The van der Waals surface area contributed by atoms with E-state index in [0.717, 1.165) is 0 Å². The van der Waals surface area contributed by atoms with Gasteiger partial charge in [-0.25, -0.2) is 13.8 Å². The molecule has 0 aliphatic heterocycles. The molecule has 0 radical (unpaired) electrons. The van der Waals surface area contributed by atoms with Crippen LogP contribution in [0.5, 0.6) is 5.88 Å². The lowest BCUT2D eigenvalue weighted by Gasteiger charge is -2.09. The first-order valence-corrected chi connectivity index (χ1v) is 4.51. The van der Waals surface area contributed by atoms with E-state index in [1.54, 1.807) is 0 Å². The van der Waals surface area contributed by atoms with E-state index in [0.29, 0.717) is 4.47 Å². The minimum Gasteiger partial charge on any atom is -0.480 e. The molecule has 0 saturated heterocycles. The number of nitrogens with zero attached hydrogens (tertiary/aromatic N) is 1. The molecule has 1 aromatic rings. The molecule has 1 heterocycles. The molecule has 0 aromatic carbocycles. The predicted octanol–water partition coefficient (Wildman–Crippen LogP) is 2.28. The van der Waals surface area contributed by atoms with Crippen LogP contribution < -0.4 is 4.74 Å². The highest BCUT2D eigenvalue weighted by atomic mass is 79.9. The third kappa shape index (κ3) is 2.19. The third-order valence-electron chi connectivity index (χ3n) is 1.63. The Labute approximate surface area is 87.9 Å². The van der Waals surface area contributed by atoms with Crippen LogP contribution in [0.4, 0.5) is 8.78 Å². The molecule has 0 saturated carbocycles. The molecule has 0 aliphatic rings. The van der Waals surface area contributed by atoms with Gasteiger partial charge in [-0.1, -0.05) is 0 Å². The fourth-order valence-electron chi connectivity index (χ4n) is 0.981. The monoisotopic (exact) mass is 267 g/mol. The lowest BCUT2D eigenvalue weighted by atomic mass is 10.2. The second kappa shape index (κ2) is 4.65. The zero-order valence-corrected chi connectivity index (χ0v) is 8.88. The average molecular weight is 268 g/mol. The average Bonchev–Trinajstić information content (AvgIpc) is 2.17. The molecule has 1 N–H and O–H groups in total. The first-order chi connectivity index (χ1) is 6.60. The Morgan fingerprint density at radius 3 is 2.71 bits per heavy atom. The van der Waals surface area contributed by atoms with Crippen molar-refractivity contribution in [3.63, 3.8) is 0 Å². The maximum Gasteiger partial charge on any atom is 0.265 e. The number of halogens is 3. The number of methoxy groups -OCH3 is 1. The van der Waals surface area contributed by atoms with E-state index in [4.69, 9.17) is 9.84 Å². The van der Waals surface area contributed by atoms with Crippen LogP contribution in [-0.2, 0) is 6.61 Å². The van der Waals surface area contributed by atoms with Crippen molar-refractivity contribution in [2.45, 2.75) is 13.0 Å². The summed E-state index contributed by atoms with van der Waals surface area (Å²) in [6.07, 6.45) is -2.66. The van der Waals surface area contributed by atoms with Gasteiger partial charge in [-0.15, -0.1) is 0 Å². The van der Waals surface area contributed by atoms with Crippen molar-refractivity contribution in [1.29, 1.82) is 0 Å². The Morgan fingerprint density at radius 1 is 1.64 bits per heavy atom. The van der Waals surface area contributed by atoms with Gasteiger partial charge in [0.2, 0.25) is 5.88 Å². The van der Waals surface area contributed by atoms with Gasteiger partial charge in [0.05, 0.1) is 23.9 Å². The minimum atomic E-state index is -2.66. The number of aromatic nitrogens is 1. The van der Waals surface area contributed by atoms with Crippen LogP contribution in [0.25, 0.3) is 0 Å². The number of rotatable bonds is 3. The predicted molar refractivity (Wildman–Crippen MR) is 49.4 cm³/mol. The quantitative estimate of drug-likeness (QED) is 0.914. The largest absolute Gasteiger partial charge is 0.480 e. The summed E-state index contributed by atoms with van der Waals surface area (Å²) in [4.78, 5) is 3.73. The van der Waals surface area contributed by atoms with Crippen molar-refractivity contribution in [1.82, 2.24) is 4.98 Å². The highest BCUT2D eigenvalue weighted by Crippen LogP contribution is 2.30. The Balaban J connectivity index is 3.24. The normalized spacial score (nSPS) is 10.7. The molecule has 1 rings (SSSR count). The summed E-state index contributed by atoms with van der Waals surface area (Å²) in [6.45, 7) is -0.538. The molecule has 6 heteroatoms. The van der Waals surface area contributed by atoms with E-state index in [2.05, 4.69) is 20.9 Å². The van der Waals surface area contributed by atoms with Gasteiger partial charge < -0.3 is 9.84 Å². The van der Waals surface area contributed by atoms with E-state index < -0.39 is 13.0 Å². The number of ether oxygens (including phenoxy) is 1. The molecule has 0 amide bonds. The molecule has 0 spiro atoms. The van der Waals surface area contributed by atoms with E-state index >= 15 is 0 Å². The molecular formula is C8H8BrF2NO2. The van der Waals surface area contributed by atoms with Crippen molar-refractivity contribution in [2.24, 2.45) is 0 Å². The number of aliphatic hydroxyl groups is 1. The standard InChI is InChI=1S/C8H8BrF2NO2/c1-14-8-5(9)2-4(7(10)11)6(3-13)12-8/h2,7,13H,3H2,1H3. The van der Waals surface area contributed by atoms with Crippen LogP contribution in [0.1, 0.15) is 17.7 Å². The van der Waals surface area contributed by atoms with Gasteiger partial charge in [-0.3, -0.25) is 0 Å². The van der Waals surface area contributed by atoms with E-state index in [9.17, 15) is 8.78 Å². The molecule has 0 unspecified atom stereocenters. The van der Waals surface area contributed by atoms with E-state index in [1.807, 2.05) is 0 Å². The summed E-state index contributed by atoms with van der Waals surface area (Å²) in [7, 11) is 1.37. The molecule has 78 valence electrons. The first-order valence-electron chi connectivity index (χ1n) is 3.72. The van der Waals surface area contributed by atoms with Gasteiger partial charge in [-0.05, 0) is 22.0 Å². The number of alkyl halides is 2. The van der Waals surface area contributed by atoms with Crippen LogP contribution in [0, 0.1) is 0 Å². The molecule has 1 aromatic heterocycles. The zero-order chi connectivity index (χ0) is 10.7. The van der Waals surface area contributed by atoms with Crippen molar-refractivity contribution < 1.29 is 18.6 Å². The molecular weight excluding hydrogens is 260 g/mol. The number of aliphatic hydroxyl groups excluding tert-OH is 1. The van der Waals surface area contributed by atoms with Crippen LogP contribution in [0.3, 0.4) is 0 Å². The fourth-order valence-corrected chi connectivity index (χ4v) is 1.48. The molecule has 14 heavy (non-hydrogen) atoms. The number of hydrogen-bond donors (Lipinski definition) is 1. The summed E-state index contributed by atoms with van der Waals surface area (Å²) in [5.74, 6) is 0.179. The summed E-state index contributed by atoms with van der Waals surface area (Å²) >= 11 is 3.04. The topological polar surface area (TPSA) is 42.4 Å². The van der Waals surface area contributed by atoms with Crippen LogP contribution in [-0.4, -0.2) is 17.2 Å². The minimum absolute atomic E-state index is 0.0694. The maximum absolute atomic E-state index is 12.4. The van der Waals surface area contributed by atoms with Crippen LogP contribution >= 0.6 is 15.9 Å². The van der Waals surface area contributed by atoms with Crippen LogP contribution in [0.15, 0.2) is 10.5 Å². The van der Waals surface area contributed by atoms with Crippen molar-refractivity contribution in [3.8, 4) is 5.88 Å². The SMILES string of the molecule is COc1nc(CO)c(C(F)F)cc1Br. The zero-order valence-electron chi connectivity index (χ0n) is 7.30. The second-order valence-electron chi connectivity index (χ2n) is 2.47. The molecule has 0 aliphatic carbocycles. The Hall–Kier alpha value is -0.750. The highest BCUT2D eigenvalue weighted by molar-refractivity contribution is 9.10. The first kappa shape index (κ1) is 11.3. The van der Waals surface area contributed by atoms with Gasteiger partial charge >= 0.3 is 0 Å². The summed E-state index contributed by atoms with van der Waals surface area (Å²) in [5, 5.41) is 8.81. The Morgan fingerprint density at radius 2 is 2.29 bits per heavy atom. The van der Waals surface area contributed by atoms with Gasteiger partial charge in [0, 0.05) is 5.56 Å². The highest BCUT2D eigenvalue weighted by Gasteiger charge is 2.17. The Kier molecular flexibility index (Phi) is 3.77. The van der Waals surface area contributed by atoms with Gasteiger partial charge in [0.1, 0.15) is 0 Å². The fraction of sp³-hybridized carbons (Fsp3) is 0.375. The maximum atomic E-state index is 12.4. The number of hydrogen-bond acceptors (Lipinski definition) is 3. The van der Waals surface area contributed by atoms with Crippen molar-refractivity contribution in [3.05, 3.63) is 21.8 Å². The van der Waals surface area contributed by atoms with Gasteiger partial charge in [0.25, 0.3) is 6.43 Å². The van der Waals surface area contributed by atoms with E-state index in [1.165, 1.54) is 13.2 Å².